The van der Waals surface area contributed by atoms with E-state index in [1.807, 2.05) is 9.80 Å². The molecule has 11 heteroatoms. The molecule has 0 aromatic carbocycles. The fraction of sp³-hybridized carbons (Fsp3) is 0.565. The second-order valence-corrected chi connectivity index (χ2v) is 9.23. The number of alkyl halides is 2. The highest BCUT2D eigenvalue weighted by Crippen LogP contribution is 2.35. The molecular formula is C23H30F3N7O. The van der Waals surface area contributed by atoms with Crippen molar-refractivity contribution in [2.24, 2.45) is 11.7 Å². The number of nitrogens with two attached hydrogens (primary N) is 1. The zero-order valence-electron chi connectivity index (χ0n) is 19.2. The summed E-state index contributed by atoms with van der Waals surface area (Å²) in [5.74, 6) is -3.18. The highest BCUT2D eigenvalue weighted by atomic mass is 19.3. The van der Waals surface area contributed by atoms with Crippen molar-refractivity contribution in [1.29, 1.82) is 0 Å². The Hall–Kier alpha value is -2.95. The summed E-state index contributed by atoms with van der Waals surface area (Å²) >= 11 is 0. The monoisotopic (exact) mass is 477 g/mol. The predicted octanol–water partition coefficient (Wildman–Crippen LogP) is 2.90. The van der Waals surface area contributed by atoms with Crippen LogP contribution in [-0.4, -0.2) is 58.0 Å². The Morgan fingerprint density at radius 2 is 1.94 bits per heavy atom. The van der Waals surface area contributed by atoms with Gasteiger partial charge in [-0.25, -0.2) is 9.97 Å². The SMILES string of the molecule is CC(F)(F)c1ccc(CN(c2ncnc(NCC3CCN(CC(N)=O)CC3)c2F)C2CC2)cn1. The minimum absolute atomic E-state index is 0.138. The molecule has 1 saturated heterocycles. The van der Waals surface area contributed by atoms with Gasteiger partial charge in [0.2, 0.25) is 11.7 Å². The number of rotatable bonds is 10. The molecule has 34 heavy (non-hydrogen) atoms. The van der Waals surface area contributed by atoms with E-state index in [1.165, 1.54) is 18.6 Å². The number of carbonyl (C=O) groups is 1. The van der Waals surface area contributed by atoms with Crippen molar-refractivity contribution >= 4 is 17.5 Å². The minimum atomic E-state index is -3.01. The van der Waals surface area contributed by atoms with Crippen LogP contribution in [0, 0.1) is 11.7 Å². The zero-order chi connectivity index (χ0) is 24.3. The second kappa shape index (κ2) is 10.1. The van der Waals surface area contributed by atoms with Gasteiger partial charge in [-0.2, -0.15) is 13.2 Å². The van der Waals surface area contributed by atoms with Crippen molar-refractivity contribution < 1.29 is 18.0 Å². The number of piperidine rings is 1. The topological polar surface area (TPSA) is 100 Å². The third-order valence-corrected chi connectivity index (χ3v) is 6.30. The maximum Gasteiger partial charge on any atom is 0.286 e. The van der Waals surface area contributed by atoms with Gasteiger partial charge in [-0.3, -0.25) is 14.7 Å². The van der Waals surface area contributed by atoms with Crippen LogP contribution in [0.3, 0.4) is 0 Å². The Kier molecular flexibility index (Phi) is 7.20. The lowest BCUT2D eigenvalue weighted by molar-refractivity contribution is -0.119. The van der Waals surface area contributed by atoms with Crippen LogP contribution in [0.25, 0.3) is 0 Å². The van der Waals surface area contributed by atoms with E-state index in [0.29, 0.717) is 24.6 Å². The number of carbonyl (C=O) groups excluding carboxylic acids is 1. The Morgan fingerprint density at radius 1 is 1.21 bits per heavy atom. The van der Waals surface area contributed by atoms with Crippen LogP contribution in [0.1, 0.15) is 43.9 Å². The average Bonchev–Trinajstić information content (AvgIpc) is 3.63. The molecule has 8 nitrogen and oxygen atoms in total. The van der Waals surface area contributed by atoms with Crippen LogP contribution in [0.5, 0.6) is 0 Å². The number of nitrogens with one attached hydrogen (secondary N) is 1. The first kappa shape index (κ1) is 24.2. The maximum absolute atomic E-state index is 15.4. The smallest absolute Gasteiger partial charge is 0.286 e. The van der Waals surface area contributed by atoms with Gasteiger partial charge in [0, 0.05) is 32.3 Å². The van der Waals surface area contributed by atoms with Gasteiger partial charge < -0.3 is 16.0 Å². The van der Waals surface area contributed by atoms with Gasteiger partial charge in [0.15, 0.2) is 11.6 Å². The van der Waals surface area contributed by atoms with E-state index >= 15 is 4.39 Å². The standard InChI is InChI=1S/C23H30F3N7O/c1-23(25,26)18-5-2-16(11-28-18)12-33(17-3-4-17)22-20(24)21(30-14-31-22)29-10-15-6-8-32(9-7-15)13-19(27)34/h2,5,11,14-15,17H,3-4,6-10,12-13H2,1H3,(H2,27,34)(H,29,30,31). The third-order valence-electron chi connectivity index (χ3n) is 6.30. The molecular weight excluding hydrogens is 447 g/mol. The fourth-order valence-electron chi connectivity index (χ4n) is 4.23. The molecule has 0 unspecified atom stereocenters. The molecule has 0 bridgehead atoms. The molecule has 2 aromatic rings. The number of hydrogen-bond acceptors (Lipinski definition) is 7. The van der Waals surface area contributed by atoms with Gasteiger partial charge in [-0.15, -0.1) is 0 Å². The van der Waals surface area contributed by atoms with Crippen LogP contribution < -0.4 is 16.0 Å². The highest BCUT2D eigenvalue weighted by molar-refractivity contribution is 5.75. The summed E-state index contributed by atoms with van der Waals surface area (Å²) in [6.45, 7) is 3.51. The van der Waals surface area contributed by atoms with Gasteiger partial charge in [0.1, 0.15) is 12.0 Å². The first-order valence-corrected chi connectivity index (χ1v) is 11.6. The lowest BCUT2D eigenvalue weighted by atomic mass is 9.97. The number of aromatic nitrogens is 3. The summed E-state index contributed by atoms with van der Waals surface area (Å²) in [4.78, 5) is 27.1. The van der Waals surface area contributed by atoms with Gasteiger partial charge in [0.25, 0.3) is 5.92 Å². The summed E-state index contributed by atoms with van der Waals surface area (Å²) in [5.41, 5.74) is 5.67. The van der Waals surface area contributed by atoms with Crippen molar-refractivity contribution in [2.75, 3.05) is 36.4 Å². The molecule has 0 radical (unpaired) electrons. The van der Waals surface area contributed by atoms with E-state index in [1.54, 1.807) is 6.07 Å². The summed E-state index contributed by atoms with van der Waals surface area (Å²) in [6, 6.07) is 3.04. The number of nitrogens with zero attached hydrogens (tertiary/aromatic N) is 5. The van der Waals surface area contributed by atoms with Crippen LogP contribution in [0.4, 0.5) is 24.8 Å². The van der Waals surface area contributed by atoms with E-state index < -0.39 is 11.7 Å². The molecule has 1 aliphatic heterocycles. The Labute approximate surface area is 196 Å². The van der Waals surface area contributed by atoms with Crippen molar-refractivity contribution in [1.82, 2.24) is 19.9 Å². The number of anilines is 2. The van der Waals surface area contributed by atoms with E-state index in [9.17, 15) is 13.6 Å². The lowest BCUT2D eigenvalue weighted by Gasteiger charge is -2.31. The van der Waals surface area contributed by atoms with Gasteiger partial charge in [-0.05, 0) is 56.3 Å². The van der Waals surface area contributed by atoms with Crippen molar-refractivity contribution in [3.8, 4) is 0 Å². The molecule has 1 saturated carbocycles. The third kappa shape index (κ3) is 6.13. The molecule has 1 amide bonds. The molecule has 2 aromatic heterocycles. The van der Waals surface area contributed by atoms with Gasteiger partial charge >= 0.3 is 0 Å². The number of likely N-dealkylation sites (tertiary alicyclic amines) is 1. The highest BCUT2D eigenvalue weighted by Gasteiger charge is 2.33. The fourth-order valence-corrected chi connectivity index (χ4v) is 4.23. The van der Waals surface area contributed by atoms with Crippen molar-refractivity contribution in [3.63, 3.8) is 0 Å². The molecule has 0 atom stereocenters. The van der Waals surface area contributed by atoms with Crippen molar-refractivity contribution in [3.05, 3.63) is 41.7 Å². The van der Waals surface area contributed by atoms with Gasteiger partial charge in [-0.1, -0.05) is 6.07 Å². The predicted molar refractivity (Wildman–Crippen MR) is 122 cm³/mol. The molecule has 0 spiro atoms. The summed E-state index contributed by atoms with van der Waals surface area (Å²) in [5, 5.41) is 3.12. The van der Waals surface area contributed by atoms with E-state index in [4.69, 9.17) is 5.73 Å². The summed E-state index contributed by atoms with van der Waals surface area (Å²) in [6.07, 6.45) is 6.33. The minimum Gasteiger partial charge on any atom is -0.369 e. The Morgan fingerprint density at radius 3 is 2.53 bits per heavy atom. The number of primary amides is 1. The molecule has 4 rings (SSSR count). The lowest BCUT2D eigenvalue weighted by Crippen LogP contribution is -2.40. The first-order valence-electron chi connectivity index (χ1n) is 11.6. The van der Waals surface area contributed by atoms with Gasteiger partial charge in [0.05, 0.1) is 6.54 Å². The van der Waals surface area contributed by atoms with Crippen LogP contribution in [0.15, 0.2) is 24.7 Å². The maximum atomic E-state index is 15.4. The van der Waals surface area contributed by atoms with Crippen LogP contribution in [0.2, 0.25) is 0 Å². The van der Waals surface area contributed by atoms with Crippen molar-refractivity contribution in [2.45, 2.75) is 51.1 Å². The molecule has 3 heterocycles. The van der Waals surface area contributed by atoms with Crippen LogP contribution >= 0.6 is 0 Å². The number of amides is 1. The number of pyridine rings is 1. The average molecular weight is 478 g/mol. The molecule has 2 aliphatic rings. The Bertz CT molecular complexity index is 987. The number of hydrogen-bond donors (Lipinski definition) is 2. The second-order valence-electron chi connectivity index (χ2n) is 9.23. The zero-order valence-corrected chi connectivity index (χ0v) is 19.2. The quantitative estimate of drug-likeness (QED) is 0.543. The van der Waals surface area contributed by atoms with Crippen LogP contribution in [-0.2, 0) is 17.3 Å². The summed E-state index contributed by atoms with van der Waals surface area (Å²) < 4.78 is 42.3. The van der Waals surface area contributed by atoms with E-state index in [-0.39, 0.29) is 35.8 Å². The molecule has 2 fully saturated rings. The molecule has 184 valence electrons. The Balaban J connectivity index is 1.40. The van der Waals surface area contributed by atoms with E-state index in [2.05, 4.69) is 20.3 Å². The largest absolute Gasteiger partial charge is 0.369 e. The number of halogens is 3. The normalized spacial score (nSPS) is 17.5. The first-order chi connectivity index (χ1) is 16.2. The molecule has 3 N–H and O–H groups in total. The summed E-state index contributed by atoms with van der Waals surface area (Å²) in [7, 11) is 0. The molecule has 1 aliphatic carbocycles. The van der Waals surface area contributed by atoms with E-state index in [0.717, 1.165) is 45.7 Å².